The lowest BCUT2D eigenvalue weighted by Crippen LogP contribution is -2.29. The van der Waals surface area contributed by atoms with Gasteiger partial charge in [-0.3, -0.25) is 24.6 Å². The van der Waals surface area contributed by atoms with Gasteiger partial charge in [0.25, 0.3) is 11.7 Å². The maximum absolute atomic E-state index is 14.0. The van der Waals surface area contributed by atoms with Crippen LogP contribution < -0.4 is 4.90 Å². The number of nitro benzene ring substituents is 1. The predicted molar refractivity (Wildman–Crippen MR) is 125 cm³/mol. The number of ketones is 1. The van der Waals surface area contributed by atoms with Crippen molar-refractivity contribution >= 4 is 44.8 Å². The number of carbonyl (C=O) groups is 2. The van der Waals surface area contributed by atoms with Crippen LogP contribution in [-0.2, 0) is 9.59 Å². The van der Waals surface area contributed by atoms with Crippen LogP contribution in [-0.4, -0.2) is 26.8 Å². The minimum atomic E-state index is -1.31. The molecule has 172 valence electrons. The fraction of sp³-hybridized carbons (Fsp3) is 0.0833. The summed E-state index contributed by atoms with van der Waals surface area (Å²) in [6.45, 7) is 1.77. The van der Waals surface area contributed by atoms with Crippen LogP contribution >= 0.6 is 15.9 Å². The Balaban J connectivity index is 2.00. The summed E-state index contributed by atoms with van der Waals surface area (Å²) in [5.41, 5.74) is 0.117. The second-order valence-electron chi connectivity index (χ2n) is 7.62. The largest absolute Gasteiger partial charge is 0.507 e. The van der Waals surface area contributed by atoms with Crippen molar-refractivity contribution in [1.82, 2.24) is 0 Å². The summed E-state index contributed by atoms with van der Waals surface area (Å²) in [6.07, 6.45) is 0. The Morgan fingerprint density at radius 1 is 1.12 bits per heavy atom. The van der Waals surface area contributed by atoms with Gasteiger partial charge in [-0.15, -0.1) is 0 Å². The van der Waals surface area contributed by atoms with Crippen LogP contribution in [0.3, 0.4) is 0 Å². The van der Waals surface area contributed by atoms with Crippen LogP contribution in [0.1, 0.15) is 22.7 Å². The summed E-state index contributed by atoms with van der Waals surface area (Å²) in [6, 6.07) is 11.8. The standard InChI is InChI=1S/C24H16BrFN2O6/c1-12-9-14(5-7-17(12)25)22(30)20-21(13-6-8-19(29)18(10-13)28(33)34)27(24(32)23(20)31)16-4-2-3-15(26)11-16/h2-11,21,29-30H,1H3/b22-20-. The van der Waals surface area contributed by atoms with E-state index in [2.05, 4.69) is 15.9 Å². The van der Waals surface area contributed by atoms with Crippen LogP contribution in [0.4, 0.5) is 15.8 Å². The SMILES string of the molecule is Cc1cc(/C(O)=C2/C(=O)C(=O)N(c3cccc(F)c3)C2c2ccc(O)c([N+](=O)[O-])c2)ccc1Br. The smallest absolute Gasteiger partial charge is 0.311 e. The Bertz CT molecular complexity index is 1400. The molecule has 1 unspecified atom stereocenters. The first-order chi connectivity index (χ1) is 16.1. The van der Waals surface area contributed by atoms with E-state index in [1.54, 1.807) is 25.1 Å². The highest BCUT2D eigenvalue weighted by Gasteiger charge is 2.47. The van der Waals surface area contributed by atoms with E-state index in [4.69, 9.17) is 0 Å². The van der Waals surface area contributed by atoms with Gasteiger partial charge in [-0.1, -0.05) is 34.1 Å². The molecule has 0 bridgehead atoms. The van der Waals surface area contributed by atoms with Gasteiger partial charge in [-0.25, -0.2) is 4.39 Å². The number of anilines is 1. The minimum absolute atomic E-state index is 0.0221. The maximum Gasteiger partial charge on any atom is 0.311 e. The average molecular weight is 527 g/mol. The molecule has 1 heterocycles. The predicted octanol–water partition coefficient (Wildman–Crippen LogP) is 5.14. The summed E-state index contributed by atoms with van der Waals surface area (Å²) < 4.78 is 14.7. The number of benzene rings is 3. The van der Waals surface area contributed by atoms with Crippen LogP contribution in [0, 0.1) is 22.9 Å². The quantitative estimate of drug-likeness (QED) is 0.160. The van der Waals surface area contributed by atoms with E-state index in [9.17, 15) is 34.3 Å². The third kappa shape index (κ3) is 3.92. The molecule has 0 aliphatic carbocycles. The molecule has 0 spiro atoms. The Morgan fingerprint density at radius 3 is 2.50 bits per heavy atom. The number of phenolic OH excluding ortho intramolecular Hbond substituents is 1. The third-order valence-corrected chi connectivity index (χ3v) is 6.36. The molecule has 1 atom stereocenters. The highest BCUT2D eigenvalue weighted by Crippen LogP contribution is 2.44. The summed E-state index contributed by atoms with van der Waals surface area (Å²) in [5, 5.41) is 32.4. The Hall–Kier alpha value is -4.05. The fourth-order valence-electron chi connectivity index (χ4n) is 3.84. The number of aryl methyl sites for hydroxylation is 1. The van der Waals surface area contributed by atoms with E-state index >= 15 is 0 Å². The Labute approximate surface area is 200 Å². The molecule has 3 aromatic rings. The first-order valence-electron chi connectivity index (χ1n) is 9.90. The van der Waals surface area contributed by atoms with E-state index in [0.29, 0.717) is 0 Å². The summed E-state index contributed by atoms with van der Waals surface area (Å²) in [4.78, 5) is 37.7. The Kier molecular flexibility index (Phi) is 5.92. The van der Waals surface area contributed by atoms with Gasteiger partial charge in [0.2, 0.25) is 0 Å². The van der Waals surface area contributed by atoms with Gasteiger partial charge in [0.15, 0.2) is 5.75 Å². The van der Waals surface area contributed by atoms with Crippen molar-refractivity contribution in [3.05, 3.63) is 103 Å². The number of carbonyl (C=O) groups excluding carboxylic acids is 2. The van der Waals surface area contributed by atoms with Crippen LogP contribution in [0.2, 0.25) is 0 Å². The number of Topliss-reactive ketones (excluding diaryl/α,β-unsaturated/α-hetero) is 1. The zero-order valence-corrected chi connectivity index (χ0v) is 19.1. The van der Waals surface area contributed by atoms with Crippen molar-refractivity contribution < 1.29 is 29.1 Å². The van der Waals surface area contributed by atoms with Crippen molar-refractivity contribution in [2.45, 2.75) is 13.0 Å². The van der Waals surface area contributed by atoms with Crippen molar-refractivity contribution in [3.8, 4) is 5.75 Å². The number of rotatable bonds is 4. The molecular weight excluding hydrogens is 511 g/mol. The number of aliphatic hydroxyl groups excluding tert-OH is 1. The van der Waals surface area contributed by atoms with Gasteiger partial charge in [0, 0.05) is 21.8 Å². The molecule has 1 fully saturated rings. The molecule has 34 heavy (non-hydrogen) atoms. The first-order valence-corrected chi connectivity index (χ1v) is 10.7. The molecule has 0 radical (unpaired) electrons. The molecule has 1 saturated heterocycles. The third-order valence-electron chi connectivity index (χ3n) is 5.47. The van der Waals surface area contributed by atoms with E-state index < -0.39 is 45.7 Å². The average Bonchev–Trinajstić information content (AvgIpc) is 3.06. The van der Waals surface area contributed by atoms with Crippen LogP contribution in [0.15, 0.2) is 70.7 Å². The number of nitro groups is 1. The zero-order chi connectivity index (χ0) is 24.7. The zero-order valence-electron chi connectivity index (χ0n) is 17.5. The molecule has 8 nitrogen and oxygen atoms in total. The highest BCUT2D eigenvalue weighted by atomic mass is 79.9. The molecule has 1 aliphatic heterocycles. The first kappa shape index (κ1) is 23.1. The topological polar surface area (TPSA) is 121 Å². The number of nitrogens with zero attached hydrogens (tertiary/aromatic N) is 2. The van der Waals surface area contributed by atoms with Crippen LogP contribution in [0.5, 0.6) is 5.75 Å². The molecule has 4 rings (SSSR count). The van der Waals surface area contributed by atoms with Crippen molar-refractivity contribution in [2.24, 2.45) is 0 Å². The molecule has 1 aliphatic rings. The minimum Gasteiger partial charge on any atom is -0.507 e. The molecule has 0 saturated carbocycles. The molecular formula is C24H16BrFN2O6. The molecule has 0 aromatic heterocycles. The van der Waals surface area contributed by atoms with Gasteiger partial charge >= 0.3 is 5.69 Å². The van der Waals surface area contributed by atoms with Crippen LogP contribution in [0.25, 0.3) is 5.76 Å². The maximum atomic E-state index is 14.0. The van der Waals surface area contributed by atoms with E-state index in [-0.39, 0.29) is 22.4 Å². The second kappa shape index (κ2) is 8.71. The van der Waals surface area contributed by atoms with Gasteiger partial charge in [0.1, 0.15) is 11.6 Å². The normalized spacial score (nSPS) is 17.3. The van der Waals surface area contributed by atoms with Gasteiger partial charge in [-0.05, 0) is 54.4 Å². The van der Waals surface area contributed by atoms with E-state index in [1.165, 1.54) is 18.2 Å². The van der Waals surface area contributed by atoms with Crippen molar-refractivity contribution in [2.75, 3.05) is 4.90 Å². The second-order valence-corrected chi connectivity index (χ2v) is 8.47. The van der Waals surface area contributed by atoms with Crippen molar-refractivity contribution in [3.63, 3.8) is 0 Å². The monoisotopic (exact) mass is 526 g/mol. The summed E-state index contributed by atoms with van der Waals surface area (Å²) in [7, 11) is 0. The van der Waals surface area contributed by atoms with Crippen molar-refractivity contribution in [1.29, 1.82) is 0 Å². The lowest BCUT2D eigenvalue weighted by molar-refractivity contribution is -0.385. The molecule has 10 heteroatoms. The fourth-order valence-corrected chi connectivity index (χ4v) is 4.09. The number of hydrogen-bond donors (Lipinski definition) is 2. The van der Waals surface area contributed by atoms with E-state index in [1.807, 2.05) is 0 Å². The number of amides is 1. The number of hydrogen-bond acceptors (Lipinski definition) is 6. The molecule has 1 amide bonds. The summed E-state index contributed by atoms with van der Waals surface area (Å²) >= 11 is 3.36. The van der Waals surface area contributed by atoms with Gasteiger partial charge < -0.3 is 10.2 Å². The van der Waals surface area contributed by atoms with Gasteiger partial charge in [-0.2, -0.15) is 0 Å². The number of halogens is 2. The number of phenols is 1. The van der Waals surface area contributed by atoms with Gasteiger partial charge in [0.05, 0.1) is 16.5 Å². The molecule has 2 N–H and O–H groups in total. The van der Waals surface area contributed by atoms with E-state index in [0.717, 1.165) is 39.2 Å². The molecule has 3 aromatic carbocycles. The number of aliphatic hydroxyl groups is 1. The lowest BCUT2D eigenvalue weighted by atomic mass is 9.94. The highest BCUT2D eigenvalue weighted by molar-refractivity contribution is 9.10. The summed E-state index contributed by atoms with van der Waals surface area (Å²) in [5.74, 6) is -3.85. The Morgan fingerprint density at radius 2 is 1.85 bits per heavy atom. The lowest BCUT2D eigenvalue weighted by Gasteiger charge is -2.25. The number of aromatic hydroxyl groups is 1.